The third-order valence-corrected chi connectivity index (χ3v) is 2.13. The summed E-state index contributed by atoms with van der Waals surface area (Å²) in [6.07, 6.45) is -6.81. The highest BCUT2D eigenvalue weighted by Gasteiger charge is 2.38. The maximum Gasteiger partial charge on any atom is 0.417 e. The Morgan fingerprint density at radius 2 is 2.12 bits per heavy atom. The second-order valence-corrected chi connectivity index (χ2v) is 3.48. The van der Waals surface area contributed by atoms with Crippen LogP contribution in [-0.2, 0) is 0 Å². The summed E-state index contributed by atoms with van der Waals surface area (Å²) < 4.78 is 41.0. The molecule has 0 spiro atoms. The van der Waals surface area contributed by atoms with Crippen LogP contribution in [0.5, 0.6) is 5.75 Å². The first kappa shape index (κ1) is 13.5. The molecule has 1 unspecified atom stereocenters. The predicted octanol–water partition coefficient (Wildman–Crippen LogP) is 2.11. The van der Waals surface area contributed by atoms with E-state index in [1.807, 2.05) is 0 Å². The summed E-state index contributed by atoms with van der Waals surface area (Å²) >= 11 is 0. The first-order chi connectivity index (χ1) is 7.86. The summed E-state index contributed by atoms with van der Waals surface area (Å²) in [5, 5.41) is 8.76. The topological polar surface area (TPSA) is 46.5 Å². The van der Waals surface area contributed by atoms with E-state index in [0.29, 0.717) is 11.8 Å². The van der Waals surface area contributed by atoms with Crippen molar-refractivity contribution in [2.75, 3.05) is 6.61 Å². The third kappa shape index (κ3) is 3.45. The van der Waals surface area contributed by atoms with Crippen molar-refractivity contribution in [3.05, 3.63) is 29.3 Å². The van der Waals surface area contributed by atoms with Crippen molar-refractivity contribution in [3.8, 4) is 5.75 Å². The molecule has 3 nitrogen and oxygen atoms in total. The molecular formula is C11H11F3O3. The zero-order valence-electron chi connectivity index (χ0n) is 8.99. The number of hydrogen-bond donors (Lipinski definition) is 1. The quantitative estimate of drug-likeness (QED) is 0.830. The van der Waals surface area contributed by atoms with Crippen LogP contribution in [0.4, 0.5) is 13.2 Å². The van der Waals surface area contributed by atoms with E-state index in [2.05, 4.69) is 0 Å². The van der Waals surface area contributed by atoms with Gasteiger partial charge in [0.05, 0.1) is 5.56 Å². The molecule has 0 amide bonds. The number of halogens is 3. The van der Waals surface area contributed by atoms with Gasteiger partial charge in [-0.05, 0) is 18.6 Å². The Morgan fingerprint density at radius 1 is 1.47 bits per heavy atom. The average Bonchev–Trinajstić information content (AvgIpc) is 2.25. The molecule has 1 atom stereocenters. The van der Waals surface area contributed by atoms with Crippen molar-refractivity contribution < 1.29 is 27.8 Å². The second kappa shape index (κ2) is 5.18. The molecule has 0 aliphatic rings. The van der Waals surface area contributed by atoms with Gasteiger partial charge in [-0.25, -0.2) is 0 Å². The fourth-order valence-corrected chi connectivity index (χ4v) is 1.22. The lowest BCUT2D eigenvalue weighted by atomic mass is 10.1. The number of hydrogen-bond acceptors (Lipinski definition) is 3. The van der Waals surface area contributed by atoms with E-state index in [1.165, 1.54) is 6.07 Å². The van der Waals surface area contributed by atoms with Crippen molar-refractivity contribution >= 4 is 6.29 Å². The molecule has 0 aliphatic carbocycles. The number of aldehydes is 1. The molecule has 17 heavy (non-hydrogen) atoms. The molecule has 0 bridgehead atoms. The van der Waals surface area contributed by atoms with Crippen LogP contribution in [0.2, 0.25) is 0 Å². The van der Waals surface area contributed by atoms with Crippen LogP contribution < -0.4 is 4.74 Å². The maximum absolute atomic E-state index is 12.0. The van der Waals surface area contributed by atoms with Crippen molar-refractivity contribution in [1.82, 2.24) is 0 Å². The van der Waals surface area contributed by atoms with Gasteiger partial charge in [-0.3, -0.25) is 4.79 Å². The zero-order valence-corrected chi connectivity index (χ0v) is 8.99. The number of aryl methyl sites for hydroxylation is 1. The molecule has 1 aromatic rings. The van der Waals surface area contributed by atoms with Gasteiger partial charge in [-0.1, -0.05) is 12.1 Å². The first-order valence-corrected chi connectivity index (χ1v) is 4.78. The van der Waals surface area contributed by atoms with Crippen LogP contribution in [0.15, 0.2) is 18.2 Å². The van der Waals surface area contributed by atoms with Gasteiger partial charge in [-0.15, -0.1) is 0 Å². The zero-order chi connectivity index (χ0) is 13.1. The maximum atomic E-state index is 12.0. The smallest absolute Gasteiger partial charge is 0.417 e. The van der Waals surface area contributed by atoms with E-state index in [4.69, 9.17) is 9.84 Å². The lowest BCUT2D eigenvalue weighted by Crippen LogP contribution is -2.34. The molecule has 1 N–H and O–H groups in total. The highest BCUT2D eigenvalue weighted by atomic mass is 19.4. The van der Waals surface area contributed by atoms with Crippen LogP contribution in [0.1, 0.15) is 15.9 Å². The molecule has 1 rings (SSSR count). The Morgan fingerprint density at radius 3 is 2.65 bits per heavy atom. The second-order valence-electron chi connectivity index (χ2n) is 3.48. The third-order valence-electron chi connectivity index (χ3n) is 2.13. The lowest BCUT2D eigenvalue weighted by molar-refractivity contribution is -0.210. The molecular weight excluding hydrogens is 237 g/mol. The summed E-state index contributed by atoms with van der Waals surface area (Å²) in [5.41, 5.74) is 0.684. The van der Waals surface area contributed by atoms with Gasteiger partial charge < -0.3 is 9.84 Å². The highest BCUT2D eigenvalue weighted by Crippen LogP contribution is 2.25. The minimum atomic E-state index is -4.73. The molecule has 0 saturated heterocycles. The van der Waals surface area contributed by atoms with Gasteiger partial charge in [-0.2, -0.15) is 13.2 Å². The molecule has 0 saturated carbocycles. The molecule has 1 aromatic carbocycles. The Balaban J connectivity index is 2.79. The van der Waals surface area contributed by atoms with Crippen LogP contribution in [0.3, 0.4) is 0 Å². The number of carbonyl (C=O) groups excluding carboxylic acids is 1. The minimum absolute atomic E-state index is 0.0609. The van der Waals surface area contributed by atoms with Gasteiger partial charge in [0.25, 0.3) is 0 Å². The number of alkyl halides is 3. The Bertz CT molecular complexity index is 401. The summed E-state index contributed by atoms with van der Waals surface area (Å²) in [5.74, 6) is 0.0609. The summed E-state index contributed by atoms with van der Waals surface area (Å²) in [4.78, 5) is 10.7. The molecule has 6 heteroatoms. The number of carbonyl (C=O) groups is 1. The molecule has 94 valence electrons. The molecule has 0 aliphatic heterocycles. The van der Waals surface area contributed by atoms with E-state index in [9.17, 15) is 18.0 Å². The summed E-state index contributed by atoms with van der Waals surface area (Å²) in [6.45, 7) is 0.664. The highest BCUT2D eigenvalue weighted by molar-refractivity contribution is 5.80. The number of aliphatic hydroxyl groups is 1. The van der Waals surface area contributed by atoms with Crippen molar-refractivity contribution in [3.63, 3.8) is 0 Å². The Labute approximate surface area is 95.8 Å². The van der Waals surface area contributed by atoms with Gasteiger partial charge in [0.2, 0.25) is 0 Å². The molecule has 0 radical (unpaired) electrons. The number of benzene rings is 1. The van der Waals surface area contributed by atoms with E-state index in [-0.39, 0.29) is 11.3 Å². The monoisotopic (exact) mass is 248 g/mol. The van der Waals surface area contributed by atoms with Crippen molar-refractivity contribution in [2.24, 2.45) is 0 Å². The largest absolute Gasteiger partial charge is 0.489 e. The minimum Gasteiger partial charge on any atom is -0.489 e. The average molecular weight is 248 g/mol. The Hall–Kier alpha value is -1.56. The predicted molar refractivity (Wildman–Crippen MR) is 54.1 cm³/mol. The van der Waals surface area contributed by atoms with Crippen LogP contribution in [0.25, 0.3) is 0 Å². The van der Waals surface area contributed by atoms with E-state index < -0.39 is 18.9 Å². The van der Waals surface area contributed by atoms with Crippen LogP contribution in [-0.4, -0.2) is 30.3 Å². The van der Waals surface area contributed by atoms with Gasteiger partial charge >= 0.3 is 6.18 Å². The molecule has 0 fully saturated rings. The van der Waals surface area contributed by atoms with E-state index in [0.717, 1.165) is 0 Å². The normalized spacial score (nSPS) is 13.2. The summed E-state index contributed by atoms with van der Waals surface area (Å²) in [7, 11) is 0. The number of para-hydroxylation sites is 1. The first-order valence-electron chi connectivity index (χ1n) is 4.78. The standard InChI is InChI=1S/C11H11F3O3/c1-7-3-2-4-8(5-15)10(7)17-6-9(16)11(12,13)14/h2-5,9,16H,6H2,1H3. The van der Waals surface area contributed by atoms with Gasteiger partial charge in [0.15, 0.2) is 12.4 Å². The van der Waals surface area contributed by atoms with Gasteiger partial charge in [0, 0.05) is 0 Å². The Kier molecular flexibility index (Phi) is 4.11. The number of aliphatic hydroxyl groups excluding tert-OH is 1. The SMILES string of the molecule is Cc1cccc(C=O)c1OCC(O)C(F)(F)F. The summed E-state index contributed by atoms with van der Waals surface area (Å²) in [6, 6.07) is 4.61. The van der Waals surface area contributed by atoms with Crippen molar-refractivity contribution in [2.45, 2.75) is 19.2 Å². The fraction of sp³-hybridized carbons (Fsp3) is 0.364. The number of rotatable bonds is 4. The molecule has 0 heterocycles. The lowest BCUT2D eigenvalue weighted by Gasteiger charge is -2.17. The van der Waals surface area contributed by atoms with E-state index >= 15 is 0 Å². The van der Waals surface area contributed by atoms with Crippen molar-refractivity contribution in [1.29, 1.82) is 0 Å². The number of ether oxygens (including phenoxy) is 1. The van der Waals surface area contributed by atoms with Crippen LogP contribution >= 0.6 is 0 Å². The fourth-order valence-electron chi connectivity index (χ4n) is 1.22. The van der Waals surface area contributed by atoms with E-state index in [1.54, 1.807) is 19.1 Å². The van der Waals surface area contributed by atoms with Gasteiger partial charge in [0.1, 0.15) is 12.4 Å². The van der Waals surface area contributed by atoms with Crippen LogP contribution in [0, 0.1) is 6.92 Å². The molecule has 0 aromatic heterocycles.